The SMILES string of the molecule is Nc1ccn(S(=O)(=O)c2ccc(OC3CCCC3)cc2)n1. The minimum Gasteiger partial charge on any atom is -0.490 e. The maximum Gasteiger partial charge on any atom is 0.283 e. The van der Waals surface area contributed by atoms with Crippen LogP contribution in [0.3, 0.4) is 0 Å². The summed E-state index contributed by atoms with van der Waals surface area (Å²) < 4.78 is 31.3. The molecule has 0 unspecified atom stereocenters. The number of ether oxygens (including phenoxy) is 1. The Labute approximate surface area is 123 Å². The van der Waals surface area contributed by atoms with Crippen LogP contribution in [-0.2, 0) is 10.0 Å². The van der Waals surface area contributed by atoms with Gasteiger partial charge in [0, 0.05) is 12.3 Å². The summed E-state index contributed by atoms with van der Waals surface area (Å²) in [5.41, 5.74) is 5.45. The van der Waals surface area contributed by atoms with Crippen molar-refractivity contribution in [3.8, 4) is 5.75 Å². The standard InChI is InChI=1S/C14H17N3O3S/c15-14-9-10-17(16-14)21(18,19)13-7-5-12(6-8-13)20-11-3-1-2-4-11/h5-11H,1-4H2,(H2,15,16). The lowest BCUT2D eigenvalue weighted by molar-refractivity contribution is 0.210. The van der Waals surface area contributed by atoms with Crippen LogP contribution in [0, 0.1) is 0 Å². The van der Waals surface area contributed by atoms with E-state index < -0.39 is 10.0 Å². The molecule has 1 heterocycles. The molecule has 2 aromatic rings. The van der Waals surface area contributed by atoms with Crippen LogP contribution in [0.1, 0.15) is 25.7 Å². The van der Waals surface area contributed by atoms with Crippen LogP contribution in [0.15, 0.2) is 41.4 Å². The first kappa shape index (κ1) is 13.9. The van der Waals surface area contributed by atoms with E-state index in [0.717, 1.165) is 16.9 Å². The number of nitrogens with zero attached hydrogens (tertiary/aromatic N) is 2. The van der Waals surface area contributed by atoms with Crippen LogP contribution in [0.5, 0.6) is 5.75 Å². The zero-order chi connectivity index (χ0) is 14.9. The molecule has 1 aliphatic carbocycles. The normalized spacial score (nSPS) is 16.2. The van der Waals surface area contributed by atoms with Crippen molar-refractivity contribution in [2.75, 3.05) is 5.73 Å². The summed E-state index contributed by atoms with van der Waals surface area (Å²) >= 11 is 0. The van der Waals surface area contributed by atoms with E-state index in [4.69, 9.17) is 10.5 Å². The number of hydrogen-bond acceptors (Lipinski definition) is 5. The van der Waals surface area contributed by atoms with E-state index in [2.05, 4.69) is 5.10 Å². The molecular weight excluding hydrogens is 290 g/mol. The summed E-state index contributed by atoms with van der Waals surface area (Å²) in [6, 6.07) is 7.85. The lowest BCUT2D eigenvalue weighted by Gasteiger charge is -2.13. The summed E-state index contributed by atoms with van der Waals surface area (Å²) in [4.78, 5) is 0.157. The molecule has 0 spiro atoms. The van der Waals surface area contributed by atoms with Gasteiger partial charge in [-0.2, -0.15) is 12.5 Å². The first-order valence-electron chi connectivity index (χ1n) is 6.89. The van der Waals surface area contributed by atoms with Gasteiger partial charge < -0.3 is 10.5 Å². The van der Waals surface area contributed by atoms with Gasteiger partial charge in [0.25, 0.3) is 10.0 Å². The first-order valence-corrected chi connectivity index (χ1v) is 8.33. The average molecular weight is 307 g/mol. The quantitative estimate of drug-likeness (QED) is 0.933. The number of nitrogen functional groups attached to an aromatic ring is 1. The third-order valence-corrected chi connectivity index (χ3v) is 5.12. The molecule has 1 saturated carbocycles. The predicted molar refractivity (Wildman–Crippen MR) is 78.5 cm³/mol. The highest BCUT2D eigenvalue weighted by Gasteiger charge is 2.19. The number of anilines is 1. The summed E-state index contributed by atoms with van der Waals surface area (Å²) in [5.74, 6) is 0.862. The lowest BCUT2D eigenvalue weighted by atomic mass is 10.3. The monoisotopic (exact) mass is 307 g/mol. The molecule has 21 heavy (non-hydrogen) atoms. The Bertz CT molecular complexity index is 716. The minimum absolute atomic E-state index is 0.157. The maximum absolute atomic E-state index is 12.3. The van der Waals surface area contributed by atoms with Crippen molar-refractivity contribution in [3.63, 3.8) is 0 Å². The molecule has 0 aliphatic heterocycles. The van der Waals surface area contributed by atoms with E-state index in [1.165, 1.54) is 37.2 Å². The maximum atomic E-state index is 12.3. The number of aromatic nitrogens is 2. The topological polar surface area (TPSA) is 87.2 Å². The van der Waals surface area contributed by atoms with Gasteiger partial charge in [-0.05, 0) is 49.9 Å². The molecule has 7 heteroatoms. The second-order valence-corrected chi connectivity index (χ2v) is 6.91. The third kappa shape index (κ3) is 2.87. The predicted octanol–water partition coefficient (Wildman–Crippen LogP) is 2.02. The van der Waals surface area contributed by atoms with Crippen molar-refractivity contribution in [3.05, 3.63) is 36.5 Å². The second-order valence-electron chi connectivity index (χ2n) is 5.11. The van der Waals surface area contributed by atoms with Crippen LogP contribution in [0.4, 0.5) is 5.82 Å². The fourth-order valence-corrected chi connectivity index (χ4v) is 3.57. The molecule has 1 aliphatic rings. The van der Waals surface area contributed by atoms with E-state index in [0.29, 0.717) is 5.75 Å². The lowest BCUT2D eigenvalue weighted by Crippen LogP contribution is -2.14. The largest absolute Gasteiger partial charge is 0.490 e. The van der Waals surface area contributed by atoms with Crippen LogP contribution in [-0.4, -0.2) is 23.7 Å². The molecule has 0 bridgehead atoms. The Morgan fingerprint density at radius 3 is 2.38 bits per heavy atom. The molecule has 6 nitrogen and oxygen atoms in total. The van der Waals surface area contributed by atoms with Gasteiger partial charge in [0.15, 0.2) is 0 Å². The number of benzene rings is 1. The van der Waals surface area contributed by atoms with Crippen molar-refractivity contribution in [1.82, 2.24) is 9.19 Å². The van der Waals surface area contributed by atoms with Gasteiger partial charge in [0.2, 0.25) is 0 Å². The molecule has 0 saturated heterocycles. The molecule has 3 rings (SSSR count). The zero-order valence-corrected chi connectivity index (χ0v) is 12.3. The molecule has 1 aromatic heterocycles. The van der Waals surface area contributed by atoms with Gasteiger partial charge >= 0.3 is 0 Å². The molecule has 1 fully saturated rings. The van der Waals surface area contributed by atoms with Crippen molar-refractivity contribution in [2.24, 2.45) is 0 Å². The van der Waals surface area contributed by atoms with Crippen molar-refractivity contribution < 1.29 is 13.2 Å². The summed E-state index contributed by atoms with van der Waals surface area (Å²) in [6.07, 6.45) is 6.08. The third-order valence-electron chi connectivity index (χ3n) is 3.56. The van der Waals surface area contributed by atoms with Crippen LogP contribution in [0.25, 0.3) is 0 Å². The Morgan fingerprint density at radius 1 is 1.14 bits per heavy atom. The van der Waals surface area contributed by atoms with Crippen LogP contribution >= 0.6 is 0 Å². The van der Waals surface area contributed by atoms with Gasteiger partial charge in [-0.1, -0.05) is 0 Å². The van der Waals surface area contributed by atoms with Crippen molar-refractivity contribution >= 4 is 15.8 Å². The molecule has 0 radical (unpaired) electrons. The van der Waals surface area contributed by atoms with E-state index in [1.54, 1.807) is 12.1 Å². The van der Waals surface area contributed by atoms with Crippen LogP contribution in [0.2, 0.25) is 0 Å². The fourth-order valence-electron chi connectivity index (χ4n) is 2.45. The van der Waals surface area contributed by atoms with Gasteiger partial charge in [0.1, 0.15) is 11.6 Å². The zero-order valence-electron chi connectivity index (χ0n) is 11.5. The Balaban J connectivity index is 1.80. The van der Waals surface area contributed by atoms with Crippen LogP contribution < -0.4 is 10.5 Å². The van der Waals surface area contributed by atoms with Crippen molar-refractivity contribution in [1.29, 1.82) is 0 Å². The Hall–Kier alpha value is -2.02. The van der Waals surface area contributed by atoms with Gasteiger partial charge in [-0.15, -0.1) is 5.10 Å². The molecule has 2 N–H and O–H groups in total. The molecule has 1 aromatic carbocycles. The Kier molecular flexibility index (Phi) is 3.59. The smallest absolute Gasteiger partial charge is 0.283 e. The minimum atomic E-state index is -3.69. The summed E-state index contributed by atoms with van der Waals surface area (Å²) in [7, 11) is -3.69. The fraction of sp³-hybridized carbons (Fsp3) is 0.357. The molecule has 0 atom stereocenters. The highest BCUT2D eigenvalue weighted by Crippen LogP contribution is 2.25. The molecule has 112 valence electrons. The average Bonchev–Trinajstić information content (AvgIpc) is 3.11. The number of nitrogens with two attached hydrogens (primary N) is 1. The summed E-state index contributed by atoms with van der Waals surface area (Å²) in [6.45, 7) is 0. The number of rotatable bonds is 4. The van der Waals surface area contributed by atoms with Crippen molar-refractivity contribution in [2.45, 2.75) is 36.7 Å². The highest BCUT2D eigenvalue weighted by atomic mass is 32.2. The van der Waals surface area contributed by atoms with Gasteiger partial charge in [-0.25, -0.2) is 0 Å². The molecular formula is C14H17N3O3S. The molecule has 0 amide bonds. The van der Waals surface area contributed by atoms with E-state index in [9.17, 15) is 8.42 Å². The van der Waals surface area contributed by atoms with E-state index >= 15 is 0 Å². The second kappa shape index (κ2) is 5.40. The van der Waals surface area contributed by atoms with E-state index in [-0.39, 0.29) is 16.8 Å². The van der Waals surface area contributed by atoms with Gasteiger partial charge in [0.05, 0.1) is 11.0 Å². The van der Waals surface area contributed by atoms with Gasteiger partial charge in [-0.3, -0.25) is 0 Å². The first-order chi connectivity index (χ1) is 10.1. The highest BCUT2D eigenvalue weighted by molar-refractivity contribution is 7.89. The Morgan fingerprint density at radius 2 is 1.81 bits per heavy atom. The van der Waals surface area contributed by atoms with E-state index in [1.807, 2.05) is 0 Å². The number of hydrogen-bond donors (Lipinski definition) is 1. The summed E-state index contributed by atoms with van der Waals surface area (Å²) in [5, 5.41) is 3.74.